The van der Waals surface area contributed by atoms with Crippen molar-refractivity contribution in [2.45, 2.75) is 57.8 Å². The predicted molar refractivity (Wildman–Crippen MR) is 229 cm³/mol. The highest BCUT2D eigenvalue weighted by molar-refractivity contribution is 6.00. The normalized spacial score (nSPS) is 16.0. The van der Waals surface area contributed by atoms with E-state index in [1.807, 2.05) is 0 Å². The van der Waals surface area contributed by atoms with Crippen molar-refractivity contribution in [3.63, 3.8) is 0 Å². The van der Waals surface area contributed by atoms with E-state index in [4.69, 9.17) is 0 Å². The smallest absolute Gasteiger partial charge is 0.0468 e. The van der Waals surface area contributed by atoms with Crippen LogP contribution in [0.5, 0.6) is 0 Å². The van der Waals surface area contributed by atoms with E-state index < -0.39 is 0 Å². The Morgan fingerprint density at radius 3 is 1.63 bits per heavy atom. The maximum absolute atomic E-state index is 2.47. The summed E-state index contributed by atoms with van der Waals surface area (Å²) in [4.78, 5) is 2.45. The number of hydrogen-bond donors (Lipinski definition) is 0. The Labute approximate surface area is 318 Å². The van der Waals surface area contributed by atoms with Crippen molar-refractivity contribution in [1.29, 1.82) is 0 Å². The summed E-state index contributed by atoms with van der Waals surface area (Å²) < 4.78 is 0. The summed E-state index contributed by atoms with van der Waals surface area (Å²) >= 11 is 0. The van der Waals surface area contributed by atoms with Crippen molar-refractivity contribution in [3.05, 3.63) is 185 Å². The molecule has 0 radical (unpaired) electrons. The molecule has 0 bridgehead atoms. The zero-order chi connectivity index (χ0) is 36.7. The molecule has 0 unspecified atom stereocenters. The van der Waals surface area contributed by atoms with E-state index in [0.717, 1.165) is 5.69 Å². The first-order valence-corrected chi connectivity index (χ1v) is 19.4. The molecule has 54 heavy (non-hydrogen) atoms. The minimum absolute atomic E-state index is 0.0711. The minimum Gasteiger partial charge on any atom is -0.310 e. The Hall–Kier alpha value is -5.92. The van der Waals surface area contributed by atoms with Crippen LogP contribution in [-0.4, -0.2) is 0 Å². The van der Waals surface area contributed by atoms with Gasteiger partial charge in [0.15, 0.2) is 0 Å². The number of fused-ring (bicyclic) bond motifs is 12. The Balaban J connectivity index is 1.06. The van der Waals surface area contributed by atoms with Crippen LogP contribution in [0.1, 0.15) is 74.9 Å². The van der Waals surface area contributed by atoms with Gasteiger partial charge in [0.2, 0.25) is 0 Å². The molecular formula is C53H43N. The average molecular weight is 694 g/mol. The summed E-state index contributed by atoms with van der Waals surface area (Å²) in [6, 6.07) is 57.4. The summed E-state index contributed by atoms with van der Waals surface area (Å²) in [7, 11) is 0. The molecule has 0 fully saturated rings. The third-order valence-electron chi connectivity index (χ3n) is 13.4. The third-order valence-corrected chi connectivity index (χ3v) is 13.4. The zero-order valence-corrected chi connectivity index (χ0v) is 31.9. The molecule has 0 aliphatic heterocycles. The number of anilines is 3. The molecule has 0 saturated heterocycles. The van der Waals surface area contributed by atoms with Gasteiger partial charge in [-0.25, -0.2) is 0 Å². The molecule has 8 aromatic rings. The van der Waals surface area contributed by atoms with Gasteiger partial charge in [-0.3, -0.25) is 0 Å². The zero-order valence-electron chi connectivity index (χ0n) is 31.9. The molecule has 1 nitrogen and oxygen atoms in total. The lowest BCUT2D eigenvalue weighted by Gasteiger charge is -2.28. The molecule has 0 atom stereocenters. The van der Waals surface area contributed by atoms with Crippen LogP contribution < -0.4 is 4.90 Å². The van der Waals surface area contributed by atoms with Crippen molar-refractivity contribution in [1.82, 2.24) is 0 Å². The Morgan fingerprint density at radius 2 is 0.870 bits per heavy atom. The van der Waals surface area contributed by atoms with Crippen LogP contribution in [-0.2, 0) is 16.2 Å². The van der Waals surface area contributed by atoms with Gasteiger partial charge in [0, 0.05) is 33.3 Å². The van der Waals surface area contributed by atoms with Crippen LogP contribution >= 0.6 is 0 Å². The summed E-state index contributed by atoms with van der Waals surface area (Å²) in [5, 5.41) is 5.14. The van der Waals surface area contributed by atoms with E-state index in [-0.39, 0.29) is 16.2 Å². The van der Waals surface area contributed by atoms with Gasteiger partial charge in [0.05, 0.1) is 0 Å². The van der Waals surface area contributed by atoms with Crippen molar-refractivity contribution >= 4 is 38.6 Å². The van der Waals surface area contributed by atoms with Crippen molar-refractivity contribution in [2.75, 3.05) is 4.90 Å². The molecule has 11 rings (SSSR count). The number of hydrogen-bond acceptors (Lipinski definition) is 1. The highest BCUT2D eigenvalue weighted by atomic mass is 15.1. The topological polar surface area (TPSA) is 3.24 Å². The first-order valence-electron chi connectivity index (χ1n) is 19.4. The Kier molecular flexibility index (Phi) is 6.21. The summed E-state index contributed by atoms with van der Waals surface area (Å²) in [5.41, 5.74) is 20.0. The van der Waals surface area contributed by atoms with Crippen LogP contribution in [0.4, 0.5) is 17.1 Å². The number of rotatable bonds is 3. The minimum atomic E-state index is -0.141. The highest BCUT2D eigenvalue weighted by Crippen LogP contribution is 2.60. The lowest BCUT2D eigenvalue weighted by atomic mass is 9.77. The lowest BCUT2D eigenvalue weighted by molar-refractivity contribution is 0.647. The van der Waals surface area contributed by atoms with Gasteiger partial charge in [-0.15, -0.1) is 0 Å². The second-order valence-corrected chi connectivity index (χ2v) is 17.4. The molecule has 0 spiro atoms. The summed E-state index contributed by atoms with van der Waals surface area (Å²) in [6.45, 7) is 14.4. The number of para-hydroxylation sites is 1. The third kappa shape index (κ3) is 4.10. The second kappa shape index (κ2) is 10.6. The molecule has 8 aromatic carbocycles. The van der Waals surface area contributed by atoms with Crippen molar-refractivity contribution < 1.29 is 0 Å². The molecule has 0 saturated carbocycles. The van der Waals surface area contributed by atoms with Crippen molar-refractivity contribution in [2.24, 2.45) is 0 Å². The molecule has 3 aliphatic carbocycles. The maximum atomic E-state index is 2.47. The highest BCUT2D eigenvalue weighted by Gasteiger charge is 2.44. The Bertz CT molecular complexity index is 2900. The quantitative estimate of drug-likeness (QED) is 0.178. The van der Waals surface area contributed by atoms with Gasteiger partial charge >= 0.3 is 0 Å². The second-order valence-electron chi connectivity index (χ2n) is 17.4. The van der Waals surface area contributed by atoms with E-state index in [9.17, 15) is 0 Å². The van der Waals surface area contributed by atoms with Gasteiger partial charge in [-0.1, -0.05) is 133 Å². The van der Waals surface area contributed by atoms with Gasteiger partial charge in [-0.05, 0) is 149 Å². The Morgan fingerprint density at radius 1 is 0.315 bits per heavy atom. The van der Waals surface area contributed by atoms with E-state index >= 15 is 0 Å². The fraction of sp³-hybridized carbons (Fsp3) is 0.170. The molecule has 0 aromatic heterocycles. The van der Waals surface area contributed by atoms with E-state index in [1.54, 1.807) is 0 Å². The molecule has 0 amide bonds. The molecular weight excluding hydrogens is 651 g/mol. The SMILES string of the molecule is CC1(C)c2cc3ccccc3cc2-c2cc3ccc(N(c4ccccc4)c4ccc5c(c4)C(C)(C)c4ccc6c(c4-5)C(C)(C)c4ccccc4-6)cc3cc21. The van der Waals surface area contributed by atoms with Crippen LogP contribution in [0.15, 0.2) is 152 Å². The van der Waals surface area contributed by atoms with Gasteiger partial charge in [0.1, 0.15) is 0 Å². The molecule has 3 aliphatic rings. The summed E-state index contributed by atoms with van der Waals surface area (Å²) in [5.74, 6) is 0. The van der Waals surface area contributed by atoms with E-state index in [0.29, 0.717) is 0 Å². The monoisotopic (exact) mass is 693 g/mol. The molecule has 260 valence electrons. The summed E-state index contributed by atoms with van der Waals surface area (Å²) in [6.07, 6.45) is 0. The fourth-order valence-corrected chi connectivity index (χ4v) is 10.5. The van der Waals surface area contributed by atoms with E-state index in [2.05, 4.69) is 198 Å². The van der Waals surface area contributed by atoms with Gasteiger partial charge in [0.25, 0.3) is 0 Å². The molecule has 0 N–H and O–H groups in total. The van der Waals surface area contributed by atoms with Crippen LogP contribution in [0.2, 0.25) is 0 Å². The largest absolute Gasteiger partial charge is 0.310 e. The lowest BCUT2D eigenvalue weighted by Crippen LogP contribution is -2.18. The molecule has 0 heterocycles. The molecule has 1 heteroatoms. The fourth-order valence-electron chi connectivity index (χ4n) is 10.5. The van der Waals surface area contributed by atoms with Crippen molar-refractivity contribution in [3.8, 4) is 33.4 Å². The number of benzene rings is 8. The first kappa shape index (κ1) is 31.6. The first-order chi connectivity index (χ1) is 26.0. The van der Waals surface area contributed by atoms with E-state index in [1.165, 1.54) is 99.7 Å². The average Bonchev–Trinajstić information content (AvgIpc) is 3.65. The maximum Gasteiger partial charge on any atom is 0.0468 e. The predicted octanol–water partition coefficient (Wildman–Crippen LogP) is 14.4. The van der Waals surface area contributed by atoms with Gasteiger partial charge in [-0.2, -0.15) is 0 Å². The van der Waals surface area contributed by atoms with Crippen LogP contribution in [0.25, 0.3) is 54.9 Å². The van der Waals surface area contributed by atoms with Gasteiger partial charge < -0.3 is 4.90 Å². The van der Waals surface area contributed by atoms with Crippen LogP contribution in [0, 0.1) is 0 Å². The number of nitrogens with zero attached hydrogens (tertiary/aromatic N) is 1. The standard InChI is InChI=1S/C53H43N/c1-51(2)45-25-24-40-39-18-12-13-19-44(39)53(5,6)50(40)49(45)41-23-22-38(31-48(41)51)54(36-16-8-7-9-17-36)37-21-20-34-28-43-42-27-32-14-10-11-15-33(32)29-46(42)52(3,4)47(43)30-35(34)26-37/h7-31H,1-6H3. The van der Waals surface area contributed by atoms with Crippen LogP contribution in [0.3, 0.4) is 0 Å².